The Labute approximate surface area is 94.2 Å². The van der Waals surface area contributed by atoms with Crippen molar-refractivity contribution in [3.8, 4) is 5.75 Å². The van der Waals surface area contributed by atoms with E-state index in [0.717, 1.165) is 12.2 Å². The van der Waals surface area contributed by atoms with Crippen LogP contribution in [0.25, 0.3) is 0 Å². The number of aliphatic hydroxyl groups excluding tert-OH is 1. The Balaban J connectivity index is 1.97. The first-order valence-electron chi connectivity index (χ1n) is 5.37. The van der Waals surface area contributed by atoms with Gasteiger partial charge in [0, 0.05) is 0 Å². The van der Waals surface area contributed by atoms with Gasteiger partial charge in [-0.3, -0.25) is 0 Å². The van der Waals surface area contributed by atoms with Gasteiger partial charge in [0.05, 0.1) is 13.2 Å². The van der Waals surface area contributed by atoms with Crippen molar-refractivity contribution < 1.29 is 9.84 Å². The molecule has 1 saturated carbocycles. The van der Waals surface area contributed by atoms with Gasteiger partial charge in [-0.1, -0.05) is 17.3 Å². The van der Waals surface area contributed by atoms with Crippen molar-refractivity contribution in [3.63, 3.8) is 0 Å². The summed E-state index contributed by atoms with van der Waals surface area (Å²) in [5.74, 6) is 1.38. The highest BCUT2D eigenvalue weighted by Crippen LogP contribution is 2.49. The number of aliphatic hydroxyl groups is 1. The summed E-state index contributed by atoms with van der Waals surface area (Å²) < 4.78 is 5.08. The van der Waals surface area contributed by atoms with E-state index in [-0.39, 0.29) is 12.5 Å². The highest BCUT2D eigenvalue weighted by molar-refractivity contribution is 5.32. The average molecular weight is 221 g/mol. The van der Waals surface area contributed by atoms with Crippen LogP contribution >= 0.6 is 0 Å². The zero-order valence-electron chi connectivity index (χ0n) is 9.17. The van der Waals surface area contributed by atoms with Gasteiger partial charge in [-0.25, -0.2) is 0 Å². The predicted molar refractivity (Wildman–Crippen MR) is 60.5 cm³/mol. The van der Waals surface area contributed by atoms with Crippen molar-refractivity contribution in [3.05, 3.63) is 34.7 Å². The molecule has 86 valence electrons. The minimum atomic E-state index is -0.593. The van der Waals surface area contributed by atoms with E-state index in [0.29, 0.717) is 5.92 Å². The van der Waals surface area contributed by atoms with E-state index in [1.165, 1.54) is 5.56 Å². The Morgan fingerprint density at radius 3 is 2.75 bits per heavy atom. The number of rotatable bonds is 5. The molecule has 3 atom stereocenters. The molecule has 16 heavy (non-hydrogen) atoms. The van der Waals surface area contributed by atoms with Gasteiger partial charge in [-0.2, -0.15) is 4.91 Å². The summed E-state index contributed by atoms with van der Waals surface area (Å²) in [6.45, 7) is -0.00266. The molecule has 0 radical (unpaired) electrons. The van der Waals surface area contributed by atoms with Gasteiger partial charge in [-0.05, 0) is 36.0 Å². The van der Waals surface area contributed by atoms with Crippen molar-refractivity contribution in [1.29, 1.82) is 0 Å². The average Bonchev–Trinajstić information content (AvgIpc) is 3.09. The normalized spacial score (nSPS) is 24.9. The molecule has 0 saturated heterocycles. The first-order valence-corrected chi connectivity index (χ1v) is 5.37. The molecule has 0 aliphatic heterocycles. The number of nitrogens with zero attached hydrogens (tertiary/aromatic N) is 1. The van der Waals surface area contributed by atoms with Gasteiger partial charge < -0.3 is 9.84 Å². The lowest BCUT2D eigenvalue weighted by molar-refractivity contribution is 0.157. The second kappa shape index (κ2) is 4.61. The molecule has 1 aromatic carbocycles. The summed E-state index contributed by atoms with van der Waals surface area (Å²) >= 11 is 0. The van der Waals surface area contributed by atoms with Gasteiger partial charge in [0.15, 0.2) is 0 Å². The fraction of sp³-hybridized carbons (Fsp3) is 0.500. The van der Waals surface area contributed by atoms with Crippen LogP contribution in [0.5, 0.6) is 5.75 Å². The van der Waals surface area contributed by atoms with E-state index in [9.17, 15) is 10.0 Å². The summed E-state index contributed by atoms with van der Waals surface area (Å²) in [5, 5.41) is 12.3. The quantitative estimate of drug-likeness (QED) is 0.773. The molecule has 2 rings (SSSR count). The largest absolute Gasteiger partial charge is 0.497 e. The van der Waals surface area contributed by atoms with E-state index in [2.05, 4.69) is 5.18 Å². The Kier molecular flexibility index (Phi) is 3.19. The third-order valence-electron chi connectivity index (χ3n) is 3.14. The minimum absolute atomic E-state index is 0.00266. The maximum atomic E-state index is 10.0. The van der Waals surface area contributed by atoms with Crippen LogP contribution in [0, 0.1) is 10.8 Å². The summed E-state index contributed by atoms with van der Waals surface area (Å²) in [6.07, 6.45) is 0.341. The molecule has 1 N–H and O–H groups in total. The van der Waals surface area contributed by atoms with Gasteiger partial charge in [0.1, 0.15) is 12.3 Å². The predicted octanol–water partition coefficient (Wildman–Crippen LogP) is 1.93. The molecular weight excluding hydrogens is 206 g/mol. The number of benzene rings is 1. The number of hydrogen-bond donors (Lipinski definition) is 1. The van der Waals surface area contributed by atoms with E-state index in [4.69, 9.17) is 4.74 Å². The smallest absolute Gasteiger partial charge is 0.118 e. The lowest BCUT2D eigenvalue weighted by Crippen LogP contribution is -2.13. The second-order valence-corrected chi connectivity index (χ2v) is 4.16. The SMILES string of the molecule is COc1ccc(C2CC2[C@H](O)CN=O)cc1. The topological polar surface area (TPSA) is 58.9 Å². The number of hydrogen-bond acceptors (Lipinski definition) is 4. The molecule has 1 aromatic rings. The molecule has 0 bridgehead atoms. The van der Waals surface area contributed by atoms with Gasteiger partial charge >= 0.3 is 0 Å². The molecule has 2 unspecified atom stereocenters. The number of nitroso groups, excluding NO2 is 1. The maximum absolute atomic E-state index is 10.0. The first-order chi connectivity index (χ1) is 7.76. The third kappa shape index (κ3) is 2.22. The third-order valence-corrected chi connectivity index (χ3v) is 3.14. The van der Waals surface area contributed by atoms with Crippen LogP contribution in [0.1, 0.15) is 17.9 Å². The van der Waals surface area contributed by atoms with Crippen molar-refractivity contribution in [2.45, 2.75) is 18.4 Å². The van der Waals surface area contributed by atoms with Crippen molar-refractivity contribution in [2.24, 2.45) is 11.1 Å². The van der Waals surface area contributed by atoms with E-state index in [1.807, 2.05) is 24.3 Å². The highest BCUT2D eigenvalue weighted by atomic mass is 16.5. The van der Waals surface area contributed by atoms with Crippen LogP contribution in [0.3, 0.4) is 0 Å². The zero-order chi connectivity index (χ0) is 11.5. The maximum Gasteiger partial charge on any atom is 0.118 e. The van der Waals surface area contributed by atoms with Crippen LogP contribution in [0.2, 0.25) is 0 Å². The number of methoxy groups -OCH3 is 1. The Hall–Kier alpha value is -1.42. The first kappa shape index (κ1) is 11.1. The fourth-order valence-corrected chi connectivity index (χ4v) is 2.09. The second-order valence-electron chi connectivity index (χ2n) is 4.16. The molecule has 1 aliphatic carbocycles. The van der Waals surface area contributed by atoms with Crippen LogP contribution in [-0.2, 0) is 0 Å². The van der Waals surface area contributed by atoms with Gasteiger partial charge in [0.25, 0.3) is 0 Å². The summed E-state index contributed by atoms with van der Waals surface area (Å²) in [5.41, 5.74) is 1.19. The van der Waals surface area contributed by atoms with E-state index >= 15 is 0 Å². The van der Waals surface area contributed by atoms with E-state index < -0.39 is 6.10 Å². The van der Waals surface area contributed by atoms with Crippen LogP contribution in [0.15, 0.2) is 29.4 Å². The van der Waals surface area contributed by atoms with Crippen LogP contribution in [0.4, 0.5) is 0 Å². The molecule has 4 heteroatoms. The minimum Gasteiger partial charge on any atom is -0.497 e. The Morgan fingerprint density at radius 1 is 1.50 bits per heavy atom. The van der Waals surface area contributed by atoms with Gasteiger partial charge in [-0.15, -0.1) is 0 Å². The lowest BCUT2D eigenvalue weighted by Gasteiger charge is -2.06. The van der Waals surface area contributed by atoms with Crippen LogP contribution < -0.4 is 4.74 Å². The molecular formula is C12H15NO3. The summed E-state index contributed by atoms with van der Waals surface area (Å²) in [6, 6.07) is 7.83. The number of ether oxygens (including phenoxy) is 1. The monoisotopic (exact) mass is 221 g/mol. The molecule has 4 nitrogen and oxygen atoms in total. The van der Waals surface area contributed by atoms with Crippen LogP contribution in [-0.4, -0.2) is 24.9 Å². The zero-order valence-corrected chi connectivity index (χ0v) is 9.17. The molecule has 0 spiro atoms. The summed E-state index contributed by atoms with van der Waals surface area (Å²) in [4.78, 5) is 10.0. The van der Waals surface area contributed by atoms with Crippen molar-refractivity contribution in [2.75, 3.05) is 13.7 Å². The van der Waals surface area contributed by atoms with Gasteiger partial charge in [0.2, 0.25) is 0 Å². The highest BCUT2D eigenvalue weighted by Gasteiger charge is 2.43. The Bertz CT molecular complexity index is 363. The van der Waals surface area contributed by atoms with E-state index in [1.54, 1.807) is 7.11 Å². The molecule has 0 aromatic heterocycles. The molecule has 1 aliphatic rings. The van der Waals surface area contributed by atoms with Crippen molar-refractivity contribution >= 4 is 0 Å². The molecule has 0 amide bonds. The fourth-order valence-electron chi connectivity index (χ4n) is 2.09. The van der Waals surface area contributed by atoms with Crippen molar-refractivity contribution in [1.82, 2.24) is 0 Å². The standard InChI is InChI=1S/C12H15NO3/c1-16-9-4-2-8(3-5-9)10-6-11(10)12(14)7-13-15/h2-5,10-12,14H,6-7H2,1H3/t10?,11?,12-/m1/s1. The Morgan fingerprint density at radius 2 is 2.19 bits per heavy atom. The molecule has 0 heterocycles. The lowest BCUT2D eigenvalue weighted by atomic mass is 10.1. The summed E-state index contributed by atoms with van der Waals surface area (Å²) in [7, 11) is 1.63. The molecule has 1 fully saturated rings.